The minimum Gasteiger partial charge on any atom is -0.479 e. The van der Waals surface area contributed by atoms with Gasteiger partial charge < -0.3 is 9.84 Å². The number of benzene rings is 2. The molecule has 0 aromatic heterocycles. The molecule has 0 radical (unpaired) electrons. The summed E-state index contributed by atoms with van der Waals surface area (Å²) in [5, 5.41) is 9.24. The molecule has 0 saturated heterocycles. The molecule has 34 heavy (non-hydrogen) atoms. The standard InChI is InChI=1S/C24H27F3N2O5/c1-5-20(22(31)32)34-21-15(3)11-17(12-16(21)4)13-28(14-30)23(33)29(6-2)19-9-7-18(8-10-19)24(25,26)27/h7-12,14,20H,5-6,13H2,1-4H3,(H,31,32). The Bertz CT molecular complexity index is 1010. The Hall–Kier alpha value is -3.56. The first kappa shape index (κ1) is 26.7. The Kier molecular flexibility index (Phi) is 8.67. The highest BCUT2D eigenvalue weighted by molar-refractivity contribution is 5.97. The molecule has 184 valence electrons. The molecule has 1 atom stereocenters. The first-order valence-electron chi connectivity index (χ1n) is 10.6. The SMILES string of the molecule is CCC(Oc1c(C)cc(CN(C=O)C(=O)N(CC)c2ccc(C(F)(F)F)cc2)cc1C)C(=O)O. The maximum atomic E-state index is 13.0. The van der Waals surface area contributed by atoms with Crippen LogP contribution in [0.15, 0.2) is 36.4 Å². The highest BCUT2D eigenvalue weighted by Crippen LogP contribution is 2.31. The van der Waals surface area contributed by atoms with Crippen molar-refractivity contribution in [2.75, 3.05) is 11.4 Å². The summed E-state index contributed by atoms with van der Waals surface area (Å²) in [6.07, 6.45) is -4.86. The number of carbonyl (C=O) groups is 3. The van der Waals surface area contributed by atoms with Crippen molar-refractivity contribution in [1.82, 2.24) is 4.90 Å². The van der Waals surface area contributed by atoms with Crippen LogP contribution in [0, 0.1) is 13.8 Å². The Labute approximate surface area is 195 Å². The fourth-order valence-electron chi connectivity index (χ4n) is 3.53. The fraction of sp³-hybridized carbons (Fsp3) is 0.375. The molecular weight excluding hydrogens is 453 g/mol. The molecule has 2 aromatic rings. The van der Waals surface area contributed by atoms with Gasteiger partial charge in [-0.2, -0.15) is 13.2 Å². The van der Waals surface area contributed by atoms with Gasteiger partial charge in [-0.1, -0.05) is 19.1 Å². The van der Waals surface area contributed by atoms with Crippen molar-refractivity contribution in [1.29, 1.82) is 0 Å². The summed E-state index contributed by atoms with van der Waals surface area (Å²) in [4.78, 5) is 38.1. The number of halogens is 3. The number of hydrogen-bond donors (Lipinski definition) is 1. The second-order valence-corrected chi connectivity index (χ2v) is 7.72. The zero-order chi connectivity index (χ0) is 25.6. The van der Waals surface area contributed by atoms with Crippen molar-refractivity contribution in [3.63, 3.8) is 0 Å². The van der Waals surface area contributed by atoms with Gasteiger partial charge in [0.2, 0.25) is 6.41 Å². The topological polar surface area (TPSA) is 87.2 Å². The van der Waals surface area contributed by atoms with Crippen molar-refractivity contribution in [2.45, 2.75) is 52.9 Å². The van der Waals surface area contributed by atoms with Crippen LogP contribution in [0.1, 0.15) is 42.5 Å². The number of amides is 3. The van der Waals surface area contributed by atoms with Crippen molar-refractivity contribution in [3.8, 4) is 5.75 Å². The number of nitrogens with zero attached hydrogens (tertiary/aromatic N) is 2. The highest BCUT2D eigenvalue weighted by Gasteiger charge is 2.31. The van der Waals surface area contributed by atoms with Crippen LogP contribution in [0.3, 0.4) is 0 Å². The second-order valence-electron chi connectivity index (χ2n) is 7.72. The third kappa shape index (κ3) is 6.27. The summed E-state index contributed by atoms with van der Waals surface area (Å²) >= 11 is 0. The minimum atomic E-state index is -4.50. The molecule has 0 spiro atoms. The summed E-state index contributed by atoms with van der Waals surface area (Å²) < 4.78 is 44.1. The fourth-order valence-corrected chi connectivity index (χ4v) is 3.53. The van der Waals surface area contributed by atoms with Crippen molar-refractivity contribution in [2.24, 2.45) is 0 Å². The van der Waals surface area contributed by atoms with Gasteiger partial charge in [0, 0.05) is 12.2 Å². The van der Waals surface area contributed by atoms with Crippen LogP contribution in [-0.2, 0) is 22.3 Å². The van der Waals surface area contributed by atoms with Gasteiger partial charge in [0.15, 0.2) is 6.10 Å². The first-order chi connectivity index (χ1) is 15.9. The maximum Gasteiger partial charge on any atom is 0.416 e. The smallest absolute Gasteiger partial charge is 0.416 e. The van der Waals surface area contributed by atoms with Crippen LogP contribution < -0.4 is 9.64 Å². The predicted octanol–water partition coefficient (Wildman–Crippen LogP) is 5.17. The zero-order valence-corrected chi connectivity index (χ0v) is 19.3. The van der Waals surface area contributed by atoms with E-state index in [0.29, 0.717) is 28.8 Å². The van der Waals surface area contributed by atoms with E-state index in [1.807, 2.05) is 0 Å². The molecular formula is C24H27F3N2O5. The molecule has 0 aliphatic heterocycles. The van der Waals surface area contributed by atoms with Gasteiger partial charge in [0.1, 0.15) is 5.75 Å². The van der Waals surface area contributed by atoms with E-state index in [9.17, 15) is 32.7 Å². The summed E-state index contributed by atoms with van der Waals surface area (Å²) in [6.45, 7) is 6.85. The molecule has 1 unspecified atom stereocenters. The Morgan fingerprint density at radius 3 is 2.06 bits per heavy atom. The number of alkyl halides is 3. The van der Waals surface area contributed by atoms with Gasteiger partial charge >= 0.3 is 18.2 Å². The number of carbonyl (C=O) groups excluding carboxylic acids is 2. The summed E-state index contributed by atoms with van der Waals surface area (Å²) in [5.74, 6) is -0.659. The number of carboxylic acid groups (broad SMARTS) is 1. The molecule has 0 aliphatic carbocycles. The number of rotatable bonds is 9. The average molecular weight is 480 g/mol. The Morgan fingerprint density at radius 2 is 1.65 bits per heavy atom. The largest absolute Gasteiger partial charge is 0.479 e. The number of hydrogen-bond acceptors (Lipinski definition) is 4. The molecule has 1 N–H and O–H groups in total. The van der Waals surface area contributed by atoms with Crippen LogP contribution in [-0.4, -0.2) is 41.1 Å². The van der Waals surface area contributed by atoms with Crippen LogP contribution in [0.5, 0.6) is 5.75 Å². The average Bonchev–Trinajstić information content (AvgIpc) is 2.77. The van der Waals surface area contributed by atoms with Gasteiger partial charge in [-0.25, -0.2) is 9.59 Å². The van der Waals surface area contributed by atoms with E-state index in [1.54, 1.807) is 39.8 Å². The van der Waals surface area contributed by atoms with Crippen molar-refractivity contribution < 1.29 is 37.4 Å². The Balaban J connectivity index is 2.25. The van der Waals surface area contributed by atoms with E-state index in [2.05, 4.69) is 0 Å². The lowest BCUT2D eigenvalue weighted by atomic mass is 10.0. The molecule has 0 saturated carbocycles. The normalized spacial score (nSPS) is 12.1. The molecule has 10 heteroatoms. The van der Waals surface area contributed by atoms with Crippen LogP contribution in [0.25, 0.3) is 0 Å². The third-order valence-electron chi connectivity index (χ3n) is 5.21. The summed E-state index contributed by atoms with van der Waals surface area (Å²) in [7, 11) is 0. The van der Waals surface area contributed by atoms with Gasteiger partial charge in [0.05, 0.1) is 12.1 Å². The number of urea groups is 1. The molecule has 3 amide bonds. The molecule has 7 nitrogen and oxygen atoms in total. The second kappa shape index (κ2) is 11.0. The van der Waals surface area contributed by atoms with Crippen LogP contribution in [0.2, 0.25) is 0 Å². The third-order valence-corrected chi connectivity index (χ3v) is 5.21. The van der Waals surface area contributed by atoms with Gasteiger partial charge in [0.25, 0.3) is 0 Å². The van der Waals surface area contributed by atoms with E-state index in [-0.39, 0.29) is 25.2 Å². The maximum absolute atomic E-state index is 13.0. The lowest BCUT2D eigenvalue weighted by molar-refractivity contribution is -0.145. The monoisotopic (exact) mass is 480 g/mol. The highest BCUT2D eigenvalue weighted by atomic mass is 19.4. The molecule has 2 rings (SSSR count). The van der Waals surface area contributed by atoms with E-state index in [4.69, 9.17) is 4.74 Å². The van der Waals surface area contributed by atoms with Gasteiger partial charge in [-0.15, -0.1) is 0 Å². The number of aliphatic carboxylic acids is 1. The first-order valence-corrected chi connectivity index (χ1v) is 10.6. The molecule has 0 bridgehead atoms. The quantitative estimate of drug-likeness (QED) is 0.501. The lowest BCUT2D eigenvalue weighted by Gasteiger charge is -2.27. The molecule has 0 heterocycles. The minimum absolute atomic E-state index is 0.0857. The number of aryl methyl sites for hydroxylation is 2. The predicted molar refractivity (Wildman–Crippen MR) is 120 cm³/mol. The van der Waals surface area contributed by atoms with Crippen molar-refractivity contribution >= 4 is 24.1 Å². The van der Waals surface area contributed by atoms with E-state index in [0.717, 1.165) is 17.0 Å². The molecule has 2 aromatic carbocycles. The summed E-state index contributed by atoms with van der Waals surface area (Å²) in [5.41, 5.74) is 1.28. The molecule has 0 aliphatic rings. The van der Waals surface area contributed by atoms with Crippen LogP contribution in [0.4, 0.5) is 23.7 Å². The Morgan fingerprint density at radius 1 is 1.09 bits per heavy atom. The lowest BCUT2D eigenvalue weighted by Crippen LogP contribution is -2.42. The summed E-state index contributed by atoms with van der Waals surface area (Å²) in [6, 6.07) is 6.81. The van der Waals surface area contributed by atoms with E-state index >= 15 is 0 Å². The van der Waals surface area contributed by atoms with Gasteiger partial charge in [-0.05, 0) is 68.1 Å². The number of ether oxygens (including phenoxy) is 1. The number of imide groups is 1. The molecule has 0 fully saturated rings. The van der Waals surface area contributed by atoms with E-state index < -0.39 is 29.8 Å². The number of carboxylic acids is 1. The van der Waals surface area contributed by atoms with E-state index in [1.165, 1.54) is 17.0 Å². The van der Waals surface area contributed by atoms with Crippen molar-refractivity contribution in [3.05, 3.63) is 58.7 Å². The van der Waals surface area contributed by atoms with Crippen LogP contribution >= 0.6 is 0 Å². The number of anilines is 1. The zero-order valence-electron chi connectivity index (χ0n) is 19.3. The van der Waals surface area contributed by atoms with Gasteiger partial charge in [-0.3, -0.25) is 14.6 Å².